The molecule has 1 N–H and O–H groups in total. The molecule has 1 nitrogen and oxygen atoms in total. The van der Waals surface area contributed by atoms with Gasteiger partial charge in [-0.25, -0.2) is 0 Å². The van der Waals surface area contributed by atoms with Crippen LogP contribution in [0.1, 0.15) is 40.2 Å². The SMILES string of the molecule is CC(C)C(C(C)C)C(C)Cc1ccc(O)cc1. The molecule has 1 rings (SSSR count). The van der Waals surface area contributed by atoms with Gasteiger partial charge in [0.15, 0.2) is 0 Å². The molecule has 0 bridgehead atoms. The Morgan fingerprint density at radius 3 is 1.76 bits per heavy atom. The molecular formula is C16H26O. The lowest BCUT2D eigenvalue weighted by molar-refractivity contribution is 0.198. The van der Waals surface area contributed by atoms with Crippen LogP contribution in [0.3, 0.4) is 0 Å². The van der Waals surface area contributed by atoms with Crippen LogP contribution in [0.15, 0.2) is 24.3 Å². The van der Waals surface area contributed by atoms with Gasteiger partial charge >= 0.3 is 0 Å². The van der Waals surface area contributed by atoms with Crippen LogP contribution >= 0.6 is 0 Å². The Kier molecular flexibility index (Phi) is 5.04. The van der Waals surface area contributed by atoms with Gasteiger partial charge in [0.2, 0.25) is 0 Å². The number of phenolic OH excluding ortho intramolecular Hbond substituents is 1. The van der Waals surface area contributed by atoms with E-state index in [1.165, 1.54) is 5.56 Å². The lowest BCUT2D eigenvalue weighted by Gasteiger charge is -2.31. The highest BCUT2D eigenvalue weighted by Crippen LogP contribution is 2.31. The standard InChI is InChI=1S/C16H26O/c1-11(2)16(12(3)4)13(5)10-14-6-8-15(17)9-7-14/h6-9,11-13,16-17H,10H2,1-5H3. The zero-order chi connectivity index (χ0) is 13.0. The average molecular weight is 234 g/mol. The van der Waals surface area contributed by atoms with Crippen LogP contribution in [0.2, 0.25) is 0 Å². The van der Waals surface area contributed by atoms with E-state index in [0.29, 0.717) is 11.7 Å². The van der Waals surface area contributed by atoms with Crippen LogP contribution in [-0.2, 0) is 6.42 Å². The normalized spacial score (nSPS) is 13.6. The van der Waals surface area contributed by atoms with Gasteiger partial charge in [0.1, 0.15) is 5.75 Å². The van der Waals surface area contributed by atoms with Crippen molar-refractivity contribution in [1.29, 1.82) is 0 Å². The molecule has 0 aliphatic carbocycles. The van der Waals surface area contributed by atoms with Crippen LogP contribution < -0.4 is 0 Å². The monoisotopic (exact) mass is 234 g/mol. The van der Waals surface area contributed by atoms with Gasteiger partial charge in [-0.2, -0.15) is 0 Å². The van der Waals surface area contributed by atoms with Crippen molar-refractivity contribution in [3.8, 4) is 5.75 Å². The highest BCUT2D eigenvalue weighted by Gasteiger charge is 2.23. The summed E-state index contributed by atoms with van der Waals surface area (Å²) in [5.41, 5.74) is 1.32. The van der Waals surface area contributed by atoms with Gasteiger partial charge in [-0.1, -0.05) is 46.8 Å². The molecule has 1 aromatic carbocycles. The molecule has 1 heteroatoms. The highest BCUT2D eigenvalue weighted by atomic mass is 16.3. The van der Waals surface area contributed by atoms with Crippen molar-refractivity contribution >= 4 is 0 Å². The summed E-state index contributed by atoms with van der Waals surface area (Å²) >= 11 is 0. The number of aromatic hydroxyl groups is 1. The molecule has 0 aliphatic rings. The van der Waals surface area contributed by atoms with Crippen LogP contribution in [0, 0.1) is 23.7 Å². The molecule has 0 saturated carbocycles. The summed E-state index contributed by atoms with van der Waals surface area (Å²) < 4.78 is 0. The van der Waals surface area contributed by atoms with Crippen molar-refractivity contribution in [2.24, 2.45) is 23.7 Å². The third kappa shape index (κ3) is 4.07. The van der Waals surface area contributed by atoms with E-state index in [1.807, 2.05) is 12.1 Å². The first-order chi connectivity index (χ1) is 7.91. The van der Waals surface area contributed by atoms with E-state index in [2.05, 4.69) is 34.6 Å². The van der Waals surface area contributed by atoms with Gasteiger partial charge in [0.05, 0.1) is 0 Å². The molecule has 17 heavy (non-hydrogen) atoms. The molecule has 1 atom stereocenters. The van der Waals surface area contributed by atoms with Crippen LogP contribution in [0.25, 0.3) is 0 Å². The summed E-state index contributed by atoms with van der Waals surface area (Å²) in [6.45, 7) is 11.6. The topological polar surface area (TPSA) is 20.2 Å². The fourth-order valence-electron chi connectivity index (χ4n) is 3.22. The zero-order valence-electron chi connectivity index (χ0n) is 11.8. The molecule has 0 aliphatic heterocycles. The first kappa shape index (κ1) is 14.1. The minimum atomic E-state index is 0.352. The van der Waals surface area contributed by atoms with Crippen LogP contribution in [-0.4, -0.2) is 5.11 Å². The second-order valence-corrected chi connectivity index (χ2v) is 5.91. The molecule has 96 valence electrons. The van der Waals surface area contributed by atoms with E-state index in [1.54, 1.807) is 12.1 Å². The summed E-state index contributed by atoms with van der Waals surface area (Å²) in [5.74, 6) is 3.23. The van der Waals surface area contributed by atoms with Crippen LogP contribution in [0.4, 0.5) is 0 Å². The molecule has 1 unspecified atom stereocenters. The van der Waals surface area contributed by atoms with Crippen molar-refractivity contribution in [2.75, 3.05) is 0 Å². The van der Waals surface area contributed by atoms with Gasteiger partial charge in [0.25, 0.3) is 0 Å². The zero-order valence-corrected chi connectivity index (χ0v) is 11.8. The number of hydrogen-bond acceptors (Lipinski definition) is 1. The van der Waals surface area contributed by atoms with Crippen molar-refractivity contribution in [1.82, 2.24) is 0 Å². The van der Waals surface area contributed by atoms with Gasteiger partial charge in [0, 0.05) is 0 Å². The van der Waals surface area contributed by atoms with Gasteiger partial charge in [-0.15, -0.1) is 0 Å². The van der Waals surface area contributed by atoms with E-state index >= 15 is 0 Å². The van der Waals surface area contributed by atoms with E-state index in [0.717, 1.165) is 24.2 Å². The maximum absolute atomic E-state index is 9.28. The van der Waals surface area contributed by atoms with Gasteiger partial charge < -0.3 is 5.11 Å². The number of benzene rings is 1. The quantitative estimate of drug-likeness (QED) is 0.795. The second kappa shape index (κ2) is 6.09. The van der Waals surface area contributed by atoms with Crippen LogP contribution in [0.5, 0.6) is 5.75 Å². The minimum absolute atomic E-state index is 0.352. The Bertz CT molecular complexity index is 316. The molecule has 0 heterocycles. The van der Waals surface area contributed by atoms with Crippen molar-refractivity contribution in [3.63, 3.8) is 0 Å². The second-order valence-electron chi connectivity index (χ2n) is 5.91. The van der Waals surface area contributed by atoms with Crippen molar-refractivity contribution in [3.05, 3.63) is 29.8 Å². The molecule has 0 radical (unpaired) electrons. The summed E-state index contributed by atoms with van der Waals surface area (Å²) in [6, 6.07) is 7.62. The van der Waals surface area contributed by atoms with E-state index in [-0.39, 0.29) is 0 Å². The molecule has 0 saturated heterocycles. The van der Waals surface area contributed by atoms with E-state index in [9.17, 15) is 5.11 Å². The number of rotatable bonds is 5. The summed E-state index contributed by atoms with van der Waals surface area (Å²) in [5, 5.41) is 9.28. The molecule has 1 aromatic rings. The fraction of sp³-hybridized carbons (Fsp3) is 0.625. The third-order valence-corrected chi connectivity index (χ3v) is 3.69. The summed E-state index contributed by atoms with van der Waals surface area (Å²) in [7, 11) is 0. The lowest BCUT2D eigenvalue weighted by Crippen LogP contribution is -2.24. The largest absolute Gasteiger partial charge is 0.508 e. The molecular weight excluding hydrogens is 208 g/mol. The third-order valence-electron chi connectivity index (χ3n) is 3.69. The predicted molar refractivity (Wildman–Crippen MR) is 74.1 cm³/mol. The highest BCUT2D eigenvalue weighted by molar-refractivity contribution is 5.26. The average Bonchev–Trinajstić information content (AvgIpc) is 2.20. The smallest absolute Gasteiger partial charge is 0.115 e. The summed E-state index contributed by atoms with van der Waals surface area (Å²) in [6.07, 6.45) is 1.10. The Morgan fingerprint density at radius 1 is 0.882 bits per heavy atom. The maximum Gasteiger partial charge on any atom is 0.115 e. The summed E-state index contributed by atoms with van der Waals surface area (Å²) in [4.78, 5) is 0. The molecule has 0 amide bonds. The maximum atomic E-state index is 9.28. The molecule has 0 fully saturated rings. The first-order valence-electron chi connectivity index (χ1n) is 6.69. The molecule has 0 spiro atoms. The van der Waals surface area contributed by atoms with Crippen molar-refractivity contribution in [2.45, 2.75) is 41.0 Å². The number of hydrogen-bond donors (Lipinski definition) is 1. The van der Waals surface area contributed by atoms with Gasteiger partial charge in [-0.05, 0) is 47.8 Å². The number of phenols is 1. The Hall–Kier alpha value is -0.980. The predicted octanol–water partition coefficient (Wildman–Crippen LogP) is 4.50. The van der Waals surface area contributed by atoms with E-state index < -0.39 is 0 Å². The van der Waals surface area contributed by atoms with Crippen molar-refractivity contribution < 1.29 is 5.11 Å². The minimum Gasteiger partial charge on any atom is -0.508 e. The lowest BCUT2D eigenvalue weighted by atomic mass is 9.74. The Labute approximate surface area is 106 Å². The Morgan fingerprint density at radius 2 is 1.35 bits per heavy atom. The van der Waals surface area contributed by atoms with Gasteiger partial charge in [-0.3, -0.25) is 0 Å². The fourth-order valence-corrected chi connectivity index (χ4v) is 3.22. The molecule has 0 aromatic heterocycles. The Balaban J connectivity index is 2.69. The first-order valence-corrected chi connectivity index (χ1v) is 6.69. The van der Waals surface area contributed by atoms with E-state index in [4.69, 9.17) is 0 Å².